The Labute approximate surface area is 75.4 Å². The minimum Gasteiger partial charge on any atom is -0.0776 e. The van der Waals surface area contributed by atoms with E-state index in [1.807, 2.05) is 13.8 Å². The summed E-state index contributed by atoms with van der Waals surface area (Å²) in [4.78, 5) is 0. The Balaban J connectivity index is -0.0000000339. The van der Waals surface area contributed by atoms with Gasteiger partial charge in [0.2, 0.25) is 0 Å². The van der Waals surface area contributed by atoms with Crippen molar-refractivity contribution in [2.75, 3.05) is 0 Å². The van der Waals surface area contributed by atoms with E-state index in [0.29, 0.717) is 0 Å². The molecule has 0 nitrogen and oxygen atoms in total. The molecule has 0 bridgehead atoms. The fourth-order valence-corrected chi connectivity index (χ4v) is 0. The summed E-state index contributed by atoms with van der Waals surface area (Å²) >= 11 is 0. The first-order valence-corrected chi connectivity index (χ1v) is 4.83. The second-order valence-corrected chi connectivity index (χ2v) is 2.00. The van der Waals surface area contributed by atoms with Gasteiger partial charge in [-0.2, -0.15) is 0 Å². The van der Waals surface area contributed by atoms with Gasteiger partial charge in [0.25, 0.3) is 0 Å². The molecule has 0 aliphatic carbocycles. The van der Waals surface area contributed by atoms with Gasteiger partial charge in [-0.3, -0.25) is 0 Å². The van der Waals surface area contributed by atoms with Crippen molar-refractivity contribution in [2.24, 2.45) is 0 Å². The van der Waals surface area contributed by atoms with Crippen LogP contribution >= 0.6 is 0 Å². The minimum atomic E-state index is 0. The van der Waals surface area contributed by atoms with Gasteiger partial charge in [0.1, 0.15) is 0 Å². The molecule has 0 rings (SSSR count). The Morgan fingerprint density at radius 2 is 0.636 bits per heavy atom. The van der Waals surface area contributed by atoms with E-state index in [-0.39, 0.29) is 7.43 Å². The first-order chi connectivity index (χ1) is 4.83. The average Bonchev–Trinajstić information content (AvgIpc) is 2.08. The molecule has 0 unspecified atom stereocenters. The van der Waals surface area contributed by atoms with Crippen LogP contribution in [0.2, 0.25) is 0 Å². The largest absolute Gasteiger partial charge is 0.0776 e. The van der Waals surface area contributed by atoms with Crippen molar-refractivity contribution in [1.29, 1.82) is 0 Å². The van der Waals surface area contributed by atoms with E-state index in [9.17, 15) is 0 Å². The summed E-state index contributed by atoms with van der Waals surface area (Å²) in [6.45, 7) is 12.7. The zero-order valence-corrected chi connectivity index (χ0v) is 8.83. The lowest BCUT2D eigenvalue weighted by molar-refractivity contribution is 0.886. The van der Waals surface area contributed by atoms with E-state index in [4.69, 9.17) is 0 Å². The fraction of sp³-hybridized carbons (Fsp3) is 1.00. The summed E-state index contributed by atoms with van der Waals surface area (Å²) in [5, 5.41) is 0. The van der Waals surface area contributed by atoms with Crippen LogP contribution in [0.5, 0.6) is 0 Å². The summed E-state index contributed by atoms with van der Waals surface area (Å²) in [5.41, 5.74) is 0. The molecule has 74 valence electrons. The van der Waals surface area contributed by atoms with E-state index in [1.165, 1.54) is 25.7 Å². The number of unbranched alkanes of at least 4 members (excludes halogenated alkanes) is 2. The second-order valence-electron chi connectivity index (χ2n) is 2.00. The Bertz CT molecular complexity index is 8.00. The molecule has 0 heteroatoms. The van der Waals surface area contributed by atoms with E-state index in [1.54, 1.807) is 0 Å². The molecular weight excluding hydrogens is 132 g/mol. The minimum absolute atomic E-state index is 0. The maximum atomic E-state index is 2.18. The van der Waals surface area contributed by atoms with Crippen LogP contribution in [-0.2, 0) is 0 Å². The molecule has 0 aliphatic rings. The van der Waals surface area contributed by atoms with Crippen LogP contribution in [0.3, 0.4) is 0 Å². The van der Waals surface area contributed by atoms with Gasteiger partial charge < -0.3 is 0 Å². The van der Waals surface area contributed by atoms with Gasteiger partial charge >= 0.3 is 0 Å². The van der Waals surface area contributed by atoms with Crippen molar-refractivity contribution in [3.8, 4) is 0 Å². The smallest absolute Gasteiger partial charge is 0.0564 e. The number of hydrogen-bond acceptors (Lipinski definition) is 0. The van der Waals surface area contributed by atoms with E-state index in [2.05, 4.69) is 27.7 Å². The molecular formula is C11H30. The molecule has 0 N–H and O–H groups in total. The first-order valence-electron chi connectivity index (χ1n) is 4.83. The van der Waals surface area contributed by atoms with Crippen molar-refractivity contribution in [3.05, 3.63) is 0 Å². The highest BCUT2D eigenvalue weighted by Crippen LogP contribution is 1.77. The second kappa shape index (κ2) is 50.6. The topological polar surface area (TPSA) is 0 Å². The summed E-state index contributed by atoms with van der Waals surface area (Å²) in [5.74, 6) is 0. The molecule has 11 heavy (non-hydrogen) atoms. The molecule has 0 aromatic rings. The molecule has 0 amide bonds. The van der Waals surface area contributed by atoms with E-state index >= 15 is 0 Å². The molecule has 0 saturated heterocycles. The highest BCUT2D eigenvalue weighted by Gasteiger charge is 1.56. The Morgan fingerprint density at radius 3 is 0.636 bits per heavy atom. The van der Waals surface area contributed by atoms with Gasteiger partial charge in [-0.25, -0.2) is 0 Å². The van der Waals surface area contributed by atoms with Gasteiger partial charge in [-0.05, 0) is 0 Å². The standard InChI is InChI=1S/2C4H10.C2H6.CH4/c2*1-3-4-2;1-2;/h2*3-4H2,1-2H3;1-2H3;1H4. The summed E-state index contributed by atoms with van der Waals surface area (Å²) < 4.78 is 0. The van der Waals surface area contributed by atoms with Crippen molar-refractivity contribution in [1.82, 2.24) is 0 Å². The highest BCUT2D eigenvalue weighted by atomic mass is 13.6. The number of rotatable bonds is 2. The van der Waals surface area contributed by atoms with Gasteiger partial charge in [0, 0.05) is 0 Å². The van der Waals surface area contributed by atoms with Crippen LogP contribution in [0, 0.1) is 0 Å². The summed E-state index contributed by atoms with van der Waals surface area (Å²) in [6, 6.07) is 0. The Hall–Kier alpha value is 0. The number of hydrogen-bond donors (Lipinski definition) is 0. The predicted molar refractivity (Wildman–Crippen MR) is 59.2 cm³/mol. The van der Waals surface area contributed by atoms with Crippen molar-refractivity contribution >= 4 is 0 Å². The third-order valence-corrected chi connectivity index (χ3v) is 1.000. The molecule has 0 radical (unpaired) electrons. The molecule has 0 aliphatic heterocycles. The lowest BCUT2D eigenvalue weighted by Gasteiger charge is -1.68. The maximum Gasteiger partial charge on any atom is -0.0564 e. The van der Waals surface area contributed by atoms with Crippen LogP contribution < -0.4 is 0 Å². The maximum absolute atomic E-state index is 2.18. The van der Waals surface area contributed by atoms with Crippen molar-refractivity contribution < 1.29 is 0 Å². The lowest BCUT2D eigenvalue weighted by atomic mass is 10.4. The van der Waals surface area contributed by atoms with Crippen LogP contribution in [0.4, 0.5) is 0 Å². The van der Waals surface area contributed by atoms with E-state index < -0.39 is 0 Å². The highest BCUT2D eigenvalue weighted by molar-refractivity contribution is 4.13. The van der Waals surface area contributed by atoms with Crippen molar-refractivity contribution in [2.45, 2.75) is 74.7 Å². The molecule has 0 fully saturated rings. The Kier molecular flexibility index (Phi) is 103. The van der Waals surface area contributed by atoms with Gasteiger partial charge in [-0.1, -0.05) is 74.7 Å². The average molecular weight is 162 g/mol. The molecule has 0 saturated carbocycles. The fourth-order valence-electron chi connectivity index (χ4n) is 0. The predicted octanol–water partition coefficient (Wildman–Crippen LogP) is 5.28. The monoisotopic (exact) mass is 162 g/mol. The summed E-state index contributed by atoms with van der Waals surface area (Å²) in [7, 11) is 0. The molecule has 0 spiro atoms. The zero-order valence-electron chi connectivity index (χ0n) is 8.83. The van der Waals surface area contributed by atoms with Crippen LogP contribution in [0.15, 0.2) is 0 Å². The van der Waals surface area contributed by atoms with E-state index in [0.717, 1.165) is 0 Å². The zero-order chi connectivity index (χ0) is 8.83. The first kappa shape index (κ1) is 22.4. The van der Waals surface area contributed by atoms with Crippen molar-refractivity contribution in [3.63, 3.8) is 0 Å². The van der Waals surface area contributed by atoms with Gasteiger partial charge in [0.05, 0.1) is 0 Å². The van der Waals surface area contributed by atoms with Crippen LogP contribution in [0.1, 0.15) is 74.7 Å². The van der Waals surface area contributed by atoms with Crippen LogP contribution in [0.25, 0.3) is 0 Å². The molecule has 0 aromatic heterocycles. The molecule has 0 heterocycles. The van der Waals surface area contributed by atoms with Gasteiger partial charge in [-0.15, -0.1) is 0 Å². The normalized spacial score (nSPS) is 6.00. The SMILES string of the molecule is C.CC.CCCC.CCCC. The molecule has 0 atom stereocenters. The quantitative estimate of drug-likeness (QED) is 0.518. The lowest BCUT2D eigenvalue weighted by Crippen LogP contribution is -1.47. The third kappa shape index (κ3) is 160. The third-order valence-electron chi connectivity index (χ3n) is 1.000. The Morgan fingerprint density at radius 1 is 0.545 bits per heavy atom. The van der Waals surface area contributed by atoms with Crippen LogP contribution in [-0.4, -0.2) is 0 Å². The van der Waals surface area contributed by atoms with Gasteiger partial charge in [0.15, 0.2) is 0 Å². The molecule has 0 aromatic carbocycles. The summed E-state index contributed by atoms with van der Waals surface area (Å²) in [6.07, 6.45) is 5.28.